The lowest BCUT2D eigenvalue weighted by Gasteiger charge is -2.01. The van der Waals surface area contributed by atoms with Gasteiger partial charge in [-0.05, 0) is 41.5 Å². The molecule has 0 aliphatic rings. The third kappa shape index (κ3) is 6.44. The van der Waals surface area contributed by atoms with E-state index in [0.29, 0.717) is 0 Å². The van der Waals surface area contributed by atoms with Gasteiger partial charge in [-0.25, -0.2) is 0 Å². The van der Waals surface area contributed by atoms with Crippen molar-refractivity contribution in [3.63, 3.8) is 0 Å². The van der Waals surface area contributed by atoms with E-state index < -0.39 is 0 Å². The van der Waals surface area contributed by atoms with Crippen LogP contribution in [0.4, 0.5) is 0 Å². The van der Waals surface area contributed by atoms with Gasteiger partial charge in [0.1, 0.15) is 0 Å². The van der Waals surface area contributed by atoms with E-state index in [4.69, 9.17) is 0 Å². The van der Waals surface area contributed by atoms with E-state index in [1.807, 2.05) is 19.9 Å². The van der Waals surface area contributed by atoms with Crippen molar-refractivity contribution in [2.75, 3.05) is 0 Å². The Hall–Kier alpha value is -1.82. The Bertz CT molecular complexity index is 592. The molecule has 0 aliphatic heterocycles. The Balaban J connectivity index is 0.000000713. The molecule has 0 saturated carbocycles. The smallest absolute Gasteiger partial charge is 0.0178 e. The molecule has 0 unspecified atom stereocenters. The van der Waals surface area contributed by atoms with Crippen LogP contribution < -0.4 is 10.4 Å². The summed E-state index contributed by atoms with van der Waals surface area (Å²) in [5.74, 6) is 0. The van der Waals surface area contributed by atoms with E-state index in [9.17, 15) is 0 Å². The Morgan fingerprint density at radius 2 is 1.24 bits per heavy atom. The zero-order valence-corrected chi connectivity index (χ0v) is 14.5. The number of rotatable bonds is 1. The van der Waals surface area contributed by atoms with Crippen LogP contribution in [0.5, 0.6) is 0 Å². The highest BCUT2D eigenvalue weighted by atomic mass is 14.0. The first-order chi connectivity index (χ1) is 10.3. The monoisotopic (exact) mass is 282 g/mol. The van der Waals surface area contributed by atoms with Crippen molar-refractivity contribution in [3.05, 3.63) is 59.0 Å². The Morgan fingerprint density at radius 3 is 1.71 bits per heavy atom. The van der Waals surface area contributed by atoms with E-state index in [2.05, 4.69) is 82.3 Å². The molecule has 114 valence electrons. The molecular formula is C21H30. The molecule has 2 rings (SSSR count). The molecule has 0 spiro atoms. The zero-order valence-electron chi connectivity index (χ0n) is 14.5. The van der Waals surface area contributed by atoms with Gasteiger partial charge in [0.25, 0.3) is 0 Å². The number of hydrogen-bond acceptors (Lipinski definition) is 0. The van der Waals surface area contributed by atoms with Crippen LogP contribution in [0, 0.1) is 0 Å². The van der Waals surface area contributed by atoms with Crippen LogP contribution >= 0.6 is 0 Å². The van der Waals surface area contributed by atoms with Crippen LogP contribution in [0.25, 0.3) is 23.3 Å². The van der Waals surface area contributed by atoms with E-state index in [-0.39, 0.29) is 0 Å². The Labute approximate surface area is 130 Å². The van der Waals surface area contributed by atoms with Crippen LogP contribution in [0.15, 0.2) is 48.5 Å². The summed E-state index contributed by atoms with van der Waals surface area (Å²) in [7, 11) is 0. The van der Waals surface area contributed by atoms with Gasteiger partial charge in [0.05, 0.1) is 0 Å². The maximum atomic E-state index is 2.24. The third-order valence-corrected chi connectivity index (χ3v) is 2.82. The van der Waals surface area contributed by atoms with Crippen molar-refractivity contribution in [1.29, 1.82) is 0 Å². The molecule has 0 nitrogen and oxygen atoms in total. The van der Waals surface area contributed by atoms with Crippen molar-refractivity contribution in [1.82, 2.24) is 0 Å². The van der Waals surface area contributed by atoms with Crippen molar-refractivity contribution in [3.8, 4) is 11.1 Å². The van der Waals surface area contributed by atoms with Gasteiger partial charge in [0.15, 0.2) is 0 Å². The van der Waals surface area contributed by atoms with Gasteiger partial charge in [0.2, 0.25) is 0 Å². The molecule has 0 saturated heterocycles. The lowest BCUT2D eigenvalue weighted by Crippen LogP contribution is -2.23. The fourth-order valence-electron chi connectivity index (χ4n) is 1.90. The summed E-state index contributed by atoms with van der Waals surface area (Å²) < 4.78 is 0. The van der Waals surface area contributed by atoms with Gasteiger partial charge < -0.3 is 0 Å². The molecule has 0 atom stereocenters. The van der Waals surface area contributed by atoms with Gasteiger partial charge in [-0.1, -0.05) is 88.7 Å². The van der Waals surface area contributed by atoms with Crippen molar-refractivity contribution in [2.45, 2.75) is 48.0 Å². The fraction of sp³-hybridized carbons (Fsp3) is 0.333. The van der Waals surface area contributed by atoms with E-state index >= 15 is 0 Å². The van der Waals surface area contributed by atoms with E-state index in [1.54, 1.807) is 0 Å². The fourth-order valence-corrected chi connectivity index (χ4v) is 1.90. The highest BCUT2D eigenvalue weighted by molar-refractivity contribution is 5.63. The average molecular weight is 282 g/mol. The lowest BCUT2D eigenvalue weighted by molar-refractivity contribution is 1.09. The summed E-state index contributed by atoms with van der Waals surface area (Å²) in [6.45, 7) is 12.4. The van der Waals surface area contributed by atoms with Gasteiger partial charge in [-0.2, -0.15) is 0 Å². The molecule has 21 heavy (non-hydrogen) atoms. The number of hydrogen-bond donors (Lipinski definition) is 0. The first kappa shape index (κ1) is 19.2. The molecule has 2 aromatic carbocycles. The average Bonchev–Trinajstić information content (AvgIpc) is 2.57. The summed E-state index contributed by atoms with van der Waals surface area (Å²) in [6, 6.07) is 17.1. The van der Waals surface area contributed by atoms with E-state index in [1.165, 1.54) is 28.0 Å². The summed E-state index contributed by atoms with van der Waals surface area (Å²) in [5, 5.41) is 2.59. The van der Waals surface area contributed by atoms with Gasteiger partial charge >= 0.3 is 0 Å². The molecule has 0 N–H and O–H groups in total. The van der Waals surface area contributed by atoms with Crippen LogP contribution in [0.2, 0.25) is 0 Å². The largest absolute Gasteiger partial charge is 0.0798 e. The first-order valence-electron chi connectivity index (χ1n) is 8.04. The van der Waals surface area contributed by atoms with Crippen LogP contribution in [0.3, 0.4) is 0 Å². The second-order valence-electron chi connectivity index (χ2n) is 4.49. The second kappa shape index (κ2) is 12.0. The molecule has 0 aromatic heterocycles. The minimum atomic E-state index is 1.25. The van der Waals surface area contributed by atoms with Crippen LogP contribution in [-0.2, 0) is 0 Å². The summed E-state index contributed by atoms with van der Waals surface area (Å²) >= 11 is 0. The summed E-state index contributed by atoms with van der Waals surface area (Å²) in [6.07, 6.45) is 5.55. The minimum Gasteiger partial charge on any atom is -0.0798 e. The number of benzene rings is 2. The van der Waals surface area contributed by atoms with Crippen molar-refractivity contribution < 1.29 is 0 Å². The molecule has 0 heterocycles. The van der Waals surface area contributed by atoms with Crippen LogP contribution in [0.1, 0.15) is 48.0 Å². The highest BCUT2D eigenvalue weighted by Crippen LogP contribution is 2.15. The van der Waals surface area contributed by atoms with Gasteiger partial charge in [-0.3, -0.25) is 0 Å². The topological polar surface area (TPSA) is 0 Å². The minimum absolute atomic E-state index is 1.25. The highest BCUT2D eigenvalue weighted by Gasteiger charge is 1.95. The normalized spacial score (nSPS) is 11.1. The zero-order chi connectivity index (χ0) is 16.1. The summed E-state index contributed by atoms with van der Waals surface area (Å²) in [4.78, 5) is 0. The molecule has 0 bridgehead atoms. The van der Waals surface area contributed by atoms with Gasteiger partial charge in [-0.15, -0.1) is 0 Å². The van der Waals surface area contributed by atoms with Crippen LogP contribution in [-0.4, -0.2) is 0 Å². The van der Waals surface area contributed by atoms with Crippen molar-refractivity contribution in [2.24, 2.45) is 0 Å². The van der Waals surface area contributed by atoms with Gasteiger partial charge in [0, 0.05) is 0 Å². The second-order valence-corrected chi connectivity index (χ2v) is 4.49. The quantitative estimate of drug-likeness (QED) is 0.657. The Morgan fingerprint density at radius 1 is 0.714 bits per heavy atom. The predicted octanol–water partition coefficient (Wildman–Crippen LogP) is 5.40. The Kier molecular flexibility index (Phi) is 10.9. The first-order valence-corrected chi connectivity index (χ1v) is 8.04. The molecule has 2 aromatic rings. The SMILES string of the molecule is C/C=c1/ccc(-c2ccccc2)c/c1=C/C.CC.CCC. The molecular weight excluding hydrogens is 252 g/mol. The molecule has 0 aliphatic carbocycles. The molecule has 0 radical (unpaired) electrons. The van der Waals surface area contributed by atoms with Crippen molar-refractivity contribution >= 4 is 12.2 Å². The maximum absolute atomic E-state index is 2.24. The predicted molar refractivity (Wildman–Crippen MR) is 98.7 cm³/mol. The third-order valence-electron chi connectivity index (χ3n) is 2.82. The summed E-state index contributed by atoms with van der Waals surface area (Å²) in [5.41, 5.74) is 2.55. The molecule has 0 amide bonds. The molecule has 0 fully saturated rings. The lowest BCUT2D eigenvalue weighted by atomic mass is 10.0. The standard InChI is InChI=1S/C16H16.C3H8.C2H6/c1-3-13-10-11-16(12-14(13)4-2)15-8-6-5-7-9-15;1-3-2;1-2/h3-12H,1-2H3;3H2,1-2H3;1-2H3/b13-3-,14-4-;;. The molecule has 0 heteroatoms. The van der Waals surface area contributed by atoms with E-state index in [0.717, 1.165) is 0 Å². The maximum Gasteiger partial charge on any atom is -0.0178 e.